The summed E-state index contributed by atoms with van der Waals surface area (Å²) >= 11 is 6.28. The molecule has 0 unspecified atom stereocenters. The minimum atomic E-state index is -0.0908. The second-order valence-corrected chi connectivity index (χ2v) is 6.49. The van der Waals surface area contributed by atoms with Crippen LogP contribution in [-0.4, -0.2) is 54.5 Å². The van der Waals surface area contributed by atoms with Crippen molar-refractivity contribution >= 4 is 17.5 Å². The monoisotopic (exact) mass is 322 g/mol. The maximum atomic E-state index is 12.6. The molecule has 0 radical (unpaired) electrons. The Morgan fingerprint density at radius 1 is 1.27 bits per heavy atom. The Balaban J connectivity index is 1.67. The zero-order valence-corrected chi connectivity index (χ0v) is 13.8. The Hall–Kier alpha value is -1.10. The van der Waals surface area contributed by atoms with E-state index < -0.39 is 0 Å². The van der Waals surface area contributed by atoms with Crippen LogP contribution in [0, 0.1) is 0 Å². The molecular weight excluding hydrogens is 300 g/mol. The van der Waals surface area contributed by atoms with Crippen LogP contribution in [0.3, 0.4) is 0 Å². The van der Waals surface area contributed by atoms with Crippen LogP contribution in [0.4, 0.5) is 0 Å². The summed E-state index contributed by atoms with van der Waals surface area (Å²) < 4.78 is 5.88. The van der Waals surface area contributed by atoms with Gasteiger partial charge in [0.25, 0.3) is 0 Å². The molecule has 2 fully saturated rings. The van der Waals surface area contributed by atoms with Gasteiger partial charge in [-0.2, -0.15) is 0 Å². The Morgan fingerprint density at radius 3 is 2.73 bits per heavy atom. The van der Waals surface area contributed by atoms with Gasteiger partial charge < -0.3 is 9.64 Å². The molecule has 1 aromatic carbocycles. The first-order chi connectivity index (χ1) is 10.7. The zero-order chi connectivity index (χ0) is 15.5. The first kappa shape index (κ1) is 15.8. The molecule has 0 aromatic heterocycles. The Bertz CT molecular complexity index is 531. The molecule has 4 nitrogen and oxygen atoms in total. The number of amides is 1. The third kappa shape index (κ3) is 3.29. The quantitative estimate of drug-likeness (QED) is 0.858. The number of halogens is 1. The molecule has 2 aliphatic rings. The van der Waals surface area contributed by atoms with E-state index in [9.17, 15) is 4.79 Å². The fourth-order valence-electron chi connectivity index (χ4n) is 3.30. The van der Waals surface area contributed by atoms with Crippen molar-refractivity contribution in [3.05, 3.63) is 34.9 Å². The number of hydrogen-bond acceptors (Lipinski definition) is 3. The zero-order valence-electron chi connectivity index (χ0n) is 13.0. The number of morpholine rings is 1. The second-order valence-electron chi connectivity index (χ2n) is 6.08. The Labute approximate surface area is 137 Å². The van der Waals surface area contributed by atoms with Gasteiger partial charge in [0.1, 0.15) is 0 Å². The van der Waals surface area contributed by atoms with E-state index >= 15 is 0 Å². The molecule has 2 saturated heterocycles. The van der Waals surface area contributed by atoms with Crippen LogP contribution in [0.5, 0.6) is 0 Å². The molecule has 0 N–H and O–H groups in total. The number of likely N-dealkylation sites (tertiary alicyclic amines) is 1. The first-order valence-electron chi connectivity index (χ1n) is 8.05. The fraction of sp³-hybridized carbons (Fsp3) is 0.588. The van der Waals surface area contributed by atoms with Gasteiger partial charge in [-0.3, -0.25) is 9.69 Å². The van der Waals surface area contributed by atoms with Gasteiger partial charge >= 0.3 is 0 Å². The van der Waals surface area contributed by atoms with Crippen LogP contribution in [0.1, 0.15) is 31.4 Å². The summed E-state index contributed by atoms with van der Waals surface area (Å²) in [6.07, 6.45) is 2.20. The van der Waals surface area contributed by atoms with Crippen molar-refractivity contribution in [2.45, 2.75) is 31.9 Å². The summed E-state index contributed by atoms with van der Waals surface area (Å²) in [6.45, 7) is 5.96. The van der Waals surface area contributed by atoms with Crippen molar-refractivity contribution in [3.8, 4) is 0 Å². The van der Waals surface area contributed by atoms with E-state index in [0.717, 1.165) is 43.1 Å². The van der Waals surface area contributed by atoms with Crippen LogP contribution in [0.2, 0.25) is 5.02 Å². The molecular formula is C17H23ClN2O2. The number of ether oxygens (including phenoxy) is 1. The minimum Gasteiger partial charge on any atom is -0.371 e. The predicted molar refractivity (Wildman–Crippen MR) is 87.0 cm³/mol. The van der Waals surface area contributed by atoms with Crippen LogP contribution in [-0.2, 0) is 9.53 Å². The largest absolute Gasteiger partial charge is 0.371 e. The summed E-state index contributed by atoms with van der Waals surface area (Å²) in [5, 5.41) is 0.730. The molecule has 0 bridgehead atoms. The lowest BCUT2D eigenvalue weighted by molar-refractivity contribution is -0.138. The fourth-order valence-corrected chi connectivity index (χ4v) is 3.56. The molecule has 3 rings (SSSR count). The van der Waals surface area contributed by atoms with E-state index in [4.69, 9.17) is 16.3 Å². The number of rotatable bonds is 3. The third-order valence-electron chi connectivity index (χ3n) is 4.67. The number of nitrogens with zero attached hydrogens (tertiary/aromatic N) is 2. The third-order valence-corrected chi connectivity index (χ3v) is 5.02. The maximum Gasteiger partial charge on any atom is 0.239 e. The van der Waals surface area contributed by atoms with Crippen LogP contribution >= 0.6 is 11.6 Å². The number of benzene rings is 1. The Kier molecular flexibility index (Phi) is 5.01. The second kappa shape index (κ2) is 6.99. The molecule has 0 saturated carbocycles. The highest BCUT2D eigenvalue weighted by Crippen LogP contribution is 2.29. The smallest absolute Gasteiger partial charge is 0.239 e. The van der Waals surface area contributed by atoms with Crippen molar-refractivity contribution in [2.75, 3.05) is 32.8 Å². The van der Waals surface area contributed by atoms with Gasteiger partial charge in [-0.25, -0.2) is 0 Å². The molecule has 2 aliphatic heterocycles. The van der Waals surface area contributed by atoms with Gasteiger partial charge in [0.05, 0.1) is 18.8 Å². The molecule has 2 heterocycles. The van der Waals surface area contributed by atoms with Crippen molar-refractivity contribution in [2.24, 2.45) is 0 Å². The van der Waals surface area contributed by atoms with Gasteiger partial charge in [-0.05, 0) is 25.8 Å². The van der Waals surface area contributed by atoms with Crippen molar-refractivity contribution in [1.82, 2.24) is 9.80 Å². The molecule has 0 spiro atoms. The average Bonchev–Trinajstić information content (AvgIpc) is 3.08. The molecule has 2 atom stereocenters. The minimum absolute atomic E-state index is 0.0590. The Morgan fingerprint density at radius 2 is 2.00 bits per heavy atom. The number of carbonyl (C=O) groups excluding carboxylic acids is 1. The van der Waals surface area contributed by atoms with E-state index in [1.165, 1.54) is 0 Å². The highest BCUT2D eigenvalue weighted by atomic mass is 35.5. The summed E-state index contributed by atoms with van der Waals surface area (Å²) in [5.74, 6) is 0.248. The van der Waals surface area contributed by atoms with Gasteiger partial charge in [-0.15, -0.1) is 0 Å². The SMILES string of the molecule is C[C@H](C(=O)N1CCCC1)N1CCO[C@@H](c2ccccc2Cl)C1. The van der Waals surface area contributed by atoms with E-state index in [1.54, 1.807) is 0 Å². The summed E-state index contributed by atoms with van der Waals surface area (Å²) in [7, 11) is 0. The normalized spacial score (nSPS) is 24.5. The van der Waals surface area contributed by atoms with E-state index in [0.29, 0.717) is 13.2 Å². The molecule has 1 aromatic rings. The highest BCUT2D eigenvalue weighted by molar-refractivity contribution is 6.31. The van der Waals surface area contributed by atoms with E-state index in [-0.39, 0.29) is 18.1 Å². The lowest BCUT2D eigenvalue weighted by Gasteiger charge is -2.37. The lowest BCUT2D eigenvalue weighted by Crippen LogP contribution is -2.50. The first-order valence-corrected chi connectivity index (χ1v) is 8.43. The number of hydrogen-bond donors (Lipinski definition) is 0. The van der Waals surface area contributed by atoms with Gasteiger partial charge in [0.2, 0.25) is 5.91 Å². The molecule has 1 amide bonds. The van der Waals surface area contributed by atoms with Crippen LogP contribution in [0.15, 0.2) is 24.3 Å². The summed E-state index contributed by atoms with van der Waals surface area (Å²) in [6, 6.07) is 7.70. The summed E-state index contributed by atoms with van der Waals surface area (Å²) in [4.78, 5) is 16.8. The molecule has 0 aliphatic carbocycles. The van der Waals surface area contributed by atoms with E-state index in [1.807, 2.05) is 36.1 Å². The topological polar surface area (TPSA) is 32.8 Å². The highest BCUT2D eigenvalue weighted by Gasteiger charge is 2.32. The maximum absolute atomic E-state index is 12.6. The van der Waals surface area contributed by atoms with Gasteiger partial charge in [0.15, 0.2) is 0 Å². The van der Waals surface area contributed by atoms with Gasteiger partial charge in [0, 0.05) is 36.8 Å². The van der Waals surface area contributed by atoms with Gasteiger partial charge in [-0.1, -0.05) is 29.8 Å². The van der Waals surface area contributed by atoms with E-state index in [2.05, 4.69) is 4.90 Å². The molecule has 120 valence electrons. The summed E-state index contributed by atoms with van der Waals surface area (Å²) in [5.41, 5.74) is 1.01. The van der Waals surface area contributed by atoms with Crippen molar-refractivity contribution in [1.29, 1.82) is 0 Å². The van der Waals surface area contributed by atoms with Crippen molar-refractivity contribution in [3.63, 3.8) is 0 Å². The molecule has 5 heteroatoms. The number of carbonyl (C=O) groups is 1. The van der Waals surface area contributed by atoms with Crippen LogP contribution in [0.25, 0.3) is 0 Å². The standard InChI is InChI=1S/C17H23ClN2O2/c1-13(17(21)19-8-4-5-9-19)20-10-11-22-16(12-20)14-6-2-3-7-15(14)18/h2-3,6-7,13,16H,4-5,8-12H2,1H3/t13-,16-/m1/s1. The lowest BCUT2D eigenvalue weighted by atomic mass is 10.1. The van der Waals surface area contributed by atoms with Crippen molar-refractivity contribution < 1.29 is 9.53 Å². The molecule has 22 heavy (non-hydrogen) atoms. The van der Waals surface area contributed by atoms with Crippen LogP contribution < -0.4 is 0 Å². The predicted octanol–water partition coefficient (Wildman–Crippen LogP) is 2.72. The average molecular weight is 323 g/mol.